The van der Waals surface area contributed by atoms with Gasteiger partial charge >= 0.3 is 6.18 Å². The van der Waals surface area contributed by atoms with Crippen LogP contribution in [0.3, 0.4) is 0 Å². The van der Waals surface area contributed by atoms with Crippen molar-refractivity contribution < 1.29 is 22.4 Å². The zero-order valence-electron chi connectivity index (χ0n) is 11.7. The maximum Gasteiger partial charge on any atom is 0.419 e. The Balaban J connectivity index is 2.33. The molecule has 1 heterocycles. The van der Waals surface area contributed by atoms with E-state index in [4.69, 9.17) is 0 Å². The Hall–Kier alpha value is -1.43. The zero-order chi connectivity index (χ0) is 15.7. The van der Waals surface area contributed by atoms with Gasteiger partial charge in [0, 0.05) is 17.5 Å². The van der Waals surface area contributed by atoms with Gasteiger partial charge in [-0.1, -0.05) is 13.0 Å². The minimum Gasteiger partial charge on any atom is -0.316 e. The van der Waals surface area contributed by atoms with Crippen LogP contribution in [0.2, 0.25) is 0 Å². The molecule has 2 rings (SSSR count). The van der Waals surface area contributed by atoms with E-state index in [0.29, 0.717) is 31.5 Å². The topological polar surface area (TPSA) is 29.1 Å². The van der Waals surface area contributed by atoms with Gasteiger partial charge in [0.1, 0.15) is 5.82 Å². The summed E-state index contributed by atoms with van der Waals surface area (Å²) in [6.45, 7) is 3.16. The summed E-state index contributed by atoms with van der Waals surface area (Å²) in [5.74, 6) is -1.69. The van der Waals surface area contributed by atoms with E-state index in [1.54, 1.807) is 0 Å². The Morgan fingerprint density at radius 3 is 2.57 bits per heavy atom. The maximum atomic E-state index is 13.6. The highest BCUT2D eigenvalue weighted by Crippen LogP contribution is 2.36. The molecule has 1 atom stereocenters. The highest BCUT2D eigenvalue weighted by atomic mass is 19.4. The summed E-state index contributed by atoms with van der Waals surface area (Å²) in [6.07, 6.45) is -2.69. The molecule has 1 fully saturated rings. The molecule has 1 saturated heterocycles. The van der Waals surface area contributed by atoms with Crippen molar-refractivity contribution >= 4 is 5.78 Å². The summed E-state index contributed by atoms with van der Waals surface area (Å²) >= 11 is 0. The summed E-state index contributed by atoms with van der Waals surface area (Å²) in [7, 11) is 0. The number of alkyl halides is 3. The Labute approximate surface area is 120 Å². The number of piperidine rings is 1. The van der Waals surface area contributed by atoms with Crippen LogP contribution in [0.4, 0.5) is 17.6 Å². The average molecular weight is 303 g/mol. The van der Waals surface area contributed by atoms with Gasteiger partial charge in [0.15, 0.2) is 5.78 Å². The van der Waals surface area contributed by atoms with E-state index in [1.807, 2.05) is 6.92 Å². The fourth-order valence-electron chi connectivity index (χ4n) is 2.82. The van der Waals surface area contributed by atoms with Crippen LogP contribution in [0, 0.1) is 11.2 Å². The zero-order valence-corrected chi connectivity index (χ0v) is 11.7. The van der Waals surface area contributed by atoms with Crippen molar-refractivity contribution in [3.8, 4) is 0 Å². The molecule has 116 valence electrons. The summed E-state index contributed by atoms with van der Waals surface area (Å²) in [4.78, 5) is 12.6. The molecule has 2 nitrogen and oxygen atoms in total. The van der Waals surface area contributed by atoms with E-state index < -0.39 is 23.0 Å². The van der Waals surface area contributed by atoms with E-state index >= 15 is 0 Å². The van der Waals surface area contributed by atoms with Gasteiger partial charge in [-0.3, -0.25) is 4.79 Å². The van der Waals surface area contributed by atoms with Crippen molar-refractivity contribution in [3.63, 3.8) is 0 Å². The number of Topliss-reactive ketones (excluding diaryl/α,β-unsaturated/α-hetero) is 1. The molecule has 0 aromatic heterocycles. The Kier molecular flexibility index (Phi) is 4.37. The lowest BCUT2D eigenvalue weighted by Gasteiger charge is -2.35. The SMILES string of the molecule is CCC1(C(=O)c2ccc(C(F)(F)F)c(F)c2)CCCNC1. The third kappa shape index (κ3) is 3.10. The fourth-order valence-corrected chi connectivity index (χ4v) is 2.82. The summed E-state index contributed by atoms with van der Waals surface area (Å²) < 4.78 is 51.2. The molecule has 1 aromatic carbocycles. The first-order valence-electron chi connectivity index (χ1n) is 6.92. The molecule has 1 aliphatic rings. The second-order valence-corrected chi connectivity index (χ2v) is 5.44. The van der Waals surface area contributed by atoms with Crippen molar-refractivity contribution in [1.29, 1.82) is 0 Å². The van der Waals surface area contributed by atoms with Crippen molar-refractivity contribution in [2.24, 2.45) is 5.41 Å². The number of carbonyl (C=O) groups is 1. The summed E-state index contributed by atoms with van der Waals surface area (Å²) in [5, 5.41) is 3.13. The molecule has 0 amide bonds. The first-order chi connectivity index (χ1) is 9.80. The van der Waals surface area contributed by atoms with Crippen LogP contribution in [-0.4, -0.2) is 18.9 Å². The minimum atomic E-state index is -4.75. The molecule has 0 aliphatic carbocycles. The van der Waals surface area contributed by atoms with E-state index in [-0.39, 0.29) is 11.3 Å². The first kappa shape index (κ1) is 15.9. The molecule has 1 aliphatic heterocycles. The van der Waals surface area contributed by atoms with Gasteiger partial charge in [0.25, 0.3) is 0 Å². The number of hydrogen-bond donors (Lipinski definition) is 1. The maximum absolute atomic E-state index is 13.6. The molecule has 21 heavy (non-hydrogen) atoms. The van der Waals surface area contributed by atoms with E-state index in [2.05, 4.69) is 5.32 Å². The summed E-state index contributed by atoms with van der Waals surface area (Å²) in [5.41, 5.74) is -1.98. The lowest BCUT2D eigenvalue weighted by molar-refractivity contribution is -0.140. The van der Waals surface area contributed by atoms with Crippen LogP contribution in [0.5, 0.6) is 0 Å². The first-order valence-corrected chi connectivity index (χ1v) is 6.92. The van der Waals surface area contributed by atoms with Crippen LogP contribution in [0.1, 0.15) is 42.1 Å². The van der Waals surface area contributed by atoms with E-state index in [0.717, 1.165) is 19.0 Å². The minimum absolute atomic E-state index is 0.00560. The fraction of sp³-hybridized carbons (Fsp3) is 0.533. The van der Waals surface area contributed by atoms with Crippen LogP contribution in [0.25, 0.3) is 0 Å². The second kappa shape index (κ2) is 5.75. The molecule has 1 unspecified atom stereocenters. The number of nitrogens with one attached hydrogen (secondary N) is 1. The third-order valence-electron chi connectivity index (χ3n) is 4.17. The van der Waals surface area contributed by atoms with Gasteiger partial charge in [0.05, 0.1) is 5.56 Å². The summed E-state index contributed by atoms with van der Waals surface area (Å²) in [6, 6.07) is 2.42. The molecule has 0 radical (unpaired) electrons. The van der Waals surface area contributed by atoms with Gasteiger partial charge in [-0.2, -0.15) is 13.2 Å². The van der Waals surface area contributed by atoms with Crippen molar-refractivity contribution in [2.45, 2.75) is 32.4 Å². The van der Waals surface area contributed by atoms with E-state index in [9.17, 15) is 22.4 Å². The molecule has 0 bridgehead atoms. The lowest BCUT2D eigenvalue weighted by Crippen LogP contribution is -2.45. The van der Waals surface area contributed by atoms with Gasteiger partial charge in [0.2, 0.25) is 0 Å². The largest absolute Gasteiger partial charge is 0.419 e. The Morgan fingerprint density at radius 2 is 2.10 bits per heavy atom. The van der Waals surface area contributed by atoms with Crippen LogP contribution in [0.15, 0.2) is 18.2 Å². The van der Waals surface area contributed by atoms with Gasteiger partial charge in [-0.05, 0) is 37.9 Å². The standard InChI is InChI=1S/C15H17F4NO/c1-2-14(6-3-7-20-9-14)13(21)10-4-5-11(12(16)8-10)15(17,18)19/h4-5,8,20H,2-3,6-7,9H2,1H3. The molecular formula is C15H17F4NO. The number of benzene rings is 1. The third-order valence-corrected chi connectivity index (χ3v) is 4.17. The van der Waals surface area contributed by atoms with Crippen molar-refractivity contribution in [1.82, 2.24) is 5.32 Å². The molecule has 0 spiro atoms. The Bertz CT molecular complexity index is 533. The molecule has 6 heteroatoms. The number of carbonyl (C=O) groups excluding carboxylic acids is 1. The van der Waals surface area contributed by atoms with Gasteiger partial charge < -0.3 is 5.32 Å². The number of ketones is 1. The second-order valence-electron chi connectivity index (χ2n) is 5.44. The van der Waals surface area contributed by atoms with Crippen LogP contribution < -0.4 is 5.32 Å². The monoisotopic (exact) mass is 303 g/mol. The predicted octanol–water partition coefficient (Wildman–Crippen LogP) is 3.81. The molecule has 1 N–H and O–H groups in total. The lowest BCUT2D eigenvalue weighted by atomic mass is 9.72. The smallest absolute Gasteiger partial charge is 0.316 e. The highest BCUT2D eigenvalue weighted by Gasteiger charge is 2.39. The van der Waals surface area contributed by atoms with Crippen LogP contribution in [-0.2, 0) is 6.18 Å². The molecule has 1 aromatic rings. The number of rotatable bonds is 3. The quantitative estimate of drug-likeness (QED) is 0.679. The van der Waals surface area contributed by atoms with Crippen LogP contribution >= 0.6 is 0 Å². The predicted molar refractivity (Wildman–Crippen MR) is 70.6 cm³/mol. The van der Waals surface area contributed by atoms with E-state index in [1.165, 1.54) is 0 Å². The van der Waals surface area contributed by atoms with Gasteiger partial charge in [-0.25, -0.2) is 4.39 Å². The van der Waals surface area contributed by atoms with Gasteiger partial charge in [-0.15, -0.1) is 0 Å². The highest BCUT2D eigenvalue weighted by molar-refractivity contribution is 6.00. The van der Waals surface area contributed by atoms with Crippen molar-refractivity contribution in [3.05, 3.63) is 35.1 Å². The molecular weight excluding hydrogens is 286 g/mol. The molecule has 0 saturated carbocycles. The Morgan fingerprint density at radius 1 is 1.38 bits per heavy atom. The van der Waals surface area contributed by atoms with Crippen molar-refractivity contribution in [2.75, 3.05) is 13.1 Å². The number of halogens is 4. The normalized spacial score (nSPS) is 23.1. The average Bonchev–Trinajstić information content (AvgIpc) is 2.45. The number of hydrogen-bond acceptors (Lipinski definition) is 2.